The van der Waals surface area contributed by atoms with Crippen LogP contribution in [0.5, 0.6) is 0 Å². The van der Waals surface area contributed by atoms with Gasteiger partial charge >= 0.3 is 6.18 Å². The van der Waals surface area contributed by atoms with Crippen molar-refractivity contribution in [2.75, 3.05) is 37.6 Å². The molecule has 1 saturated heterocycles. The first-order chi connectivity index (χ1) is 13.9. The minimum Gasteiger partial charge on any atom is -0.350 e. The number of aryl methyl sites for hydroxylation is 1. The summed E-state index contributed by atoms with van der Waals surface area (Å²) in [6, 6.07) is 5.14. The number of nitrogens with one attached hydrogen (secondary N) is 1. The second-order valence-electron chi connectivity index (χ2n) is 6.47. The Bertz CT molecular complexity index is 821. The van der Waals surface area contributed by atoms with E-state index in [2.05, 4.69) is 19.2 Å². The fourth-order valence-corrected chi connectivity index (χ4v) is 3.80. The number of aromatic nitrogens is 2. The number of benzene rings is 1. The van der Waals surface area contributed by atoms with Crippen molar-refractivity contribution in [3.8, 4) is 0 Å². The maximum absolute atomic E-state index is 12.6. The molecule has 0 aliphatic carbocycles. The molecule has 1 aromatic heterocycles. The van der Waals surface area contributed by atoms with Gasteiger partial charge in [0.2, 0.25) is 5.96 Å². The molecule has 0 bridgehead atoms. The van der Waals surface area contributed by atoms with E-state index in [0.29, 0.717) is 62.5 Å². The summed E-state index contributed by atoms with van der Waals surface area (Å²) in [4.78, 5) is 8.32. The molecule has 1 aromatic carbocycles. The monoisotopic (exact) mass is 448 g/mol. The van der Waals surface area contributed by atoms with Crippen LogP contribution in [0.4, 0.5) is 19.0 Å². The van der Waals surface area contributed by atoms with E-state index in [1.807, 2.05) is 9.80 Å². The average molecular weight is 449 g/mol. The topological polar surface area (TPSA) is 76.9 Å². The first-order valence-corrected chi connectivity index (χ1v) is 10.1. The standard InChI is InChI=1S/C17H20ClF3N6OS/c18-14-15(25-29-24-14)26-8-10-27(11-9-26)16(23-28)22-7-1-2-12-3-5-13(6-4-12)17(19,20)21/h3-6,28H,1-2,7-11H2,(H,22,23). The van der Waals surface area contributed by atoms with Crippen molar-refractivity contribution in [2.45, 2.75) is 19.0 Å². The van der Waals surface area contributed by atoms with Gasteiger partial charge in [-0.1, -0.05) is 23.7 Å². The number of anilines is 1. The highest BCUT2D eigenvalue weighted by molar-refractivity contribution is 6.99. The van der Waals surface area contributed by atoms with Crippen molar-refractivity contribution in [1.29, 1.82) is 0 Å². The lowest BCUT2D eigenvalue weighted by molar-refractivity contribution is -0.137. The lowest BCUT2D eigenvalue weighted by atomic mass is 10.1. The van der Waals surface area contributed by atoms with Crippen molar-refractivity contribution in [3.05, 3.63) is 40.5 Å². The molecule has 158 valence electrons. The molecule has 3 rings (SSSR count). The maximum atomic E-state index is 12.6. The van der Waals surface area contributed by atoms with Gasteiger partial charge in [0.25, 0.3) is 0 Å². The zero-order valence-corrected chi connectivity index (χ0v) is 16.9. The third-order valence-electron chi connectivity index (χ3n) is 4.58. The summed E-state index contributed by atoms with van der Waals surface area (Å²) < 4.78 is 45.9. The summed E-state index contributed by atoms with van der Waals surface area (Å²) in [5.41, 5.74) is 2.30. The number of hydrogen-bond donors (Lipinski definition) is 2. The van der Waals surface area contributed by atoms with Gasteiger partial charge in [-0.25, -0.2) is 5.48 Å². The summed E-state index contributed by atoms with van der Waals surface area (Å²) in [6.07, 6.45) is -3.07. The minimum atomic E-state index is -4.32. The fraction of sp³-hybridized carbons (Fsp3) is 0.471. The van der Waals surface area contributed by atoms with Crippen molar-refractivity contribution >= 4 is 35.1 Å². The van der Waals surface area contributed by atoms with Crippen LogP contribution in [-0.4, -0.2) is 57.5 Å². The van der Waals surface area contributed by atoms with Gasteiger partial charge in [0.15, 0.2) is 11.0 Å². The van der Waals surface area contributed by atoms with E-state index in [-0.39, 0.29) is 0 Å². The van der Waals surface area contributed by atoms with E-state index in [4.69, 9.17) is 11.6 Å². The Morgan fingerprint density at radius 3 is 2.41 bits per heavy atom. The van der Waals surface area contributed by atoms with Crippen molar-refractivity contribution < 1.29 is 18.4 Å². The molecule has 29 heavy (non-hydrogen) atoms. The van der Waals surface area contributed by atoms with E-state index in [1.165, 1.54) is 12.1 Å². The zero-order chi connectivity index (χ0) is 20.9. The molecule has 0 unspecified atom stereocenters. The minimum absolute atomic E-state index is 0.375. The number of nitrogens with zero attached hydrogens (tertiary/aromatic N) is 5. The number of halogens is 4. The molecule has 1 fully saturated rings. The Morgan fingerprint density at radius 2 is 1.86 bits per heavy atom. The van der Waals surface area contributed by atoms with Gasteiger partial charge in [-0.3, -0.25) is 10.2 Å². The van der Waals surface area contributed by atoms with E-state index >= 15 is 0 Å². The van der Waals surface area contributed by atoms with Crippen LogP contribution in [0.1, 0.15) is 17.5 Å². The van der Waals surface area contributed by atoms with Gasteiger partial charge in [0, 0.05) is 32.7 Å². The first kappa shape index (κ1) is 21.6. The molecule has 2 aromatic rings. The molecule has 0 spiro atoms. The lowest BCUT2D eigenvalue weighted by Gasteiger charge is -2.35. The number of alkyl halides is 3. The molecule has 0 saturated carbocycles. The Labute approximate surface area is 175 Å². The third-order valence-corrected chi connectivity index (χ3v) is 5.45. The van der Waals surface area contributed by atoms with Crippen LogP contribution in [0.15, 0.2) is 29.3 Å². The van der Waals surface area contributed by atoms with Crippen LogP contribution in [-0.2, 0) is 12.6 Å². The van der Waals surface area contributed by atoms with Gasteiger partial charge in [-0.15, -0.1) is 0 Å². The lowest BCUT2D eigenvalue weighted by Crippen LogP contribution is -2.52. The zero-order valence-electron chi connectivity index (χ0n) is 15.4. The molecule has 0 atom stereocenters. The summed E-state index contributed by atoms with van der Waals surface area (Å²) in [7, 11) is 0. The predicted octanol–water partition coefficient (Wildman–Crippen LogP) is 3.30. The Hall–Kier alpha value is -2.11. The molecule has 0 radical (unpaired) electrons. The van der Waals surface area contributed by atoms with Crippen LogP contribution in [0, 0.1) is 0 Å². The van der Waals surface area contributed by atoms with Crippen molar-refractivity contribution in [1.82, 2.24) is 19.1 Å². The highest BCUT2D eigenvalue weighted by atomic mass is 35.5. The number of hydrogen-bond acceptors (Lipinski definition) is 6. The molecule has 2 N–H and O–H groups in total. The van der Waals surface area contributed by atoms with E-state index in [9.17, 15) is 18.4 Å². The number of piperazine rings is 1. The summed E-state index contributed by atoms with van der Waals surface area (Å²) >= 11 is 7.08. The van der Waals surface area contributed by atoms with Gasteiger partial charge in [-0.05, 0) is 30.5 Å². The Kier molecular flexibility index (Phi) is 7.14. The van der Waals surface area contributed by atoms with Crippen LogP contribution < -0.4 is 10.4 Å². The number of rotatable bonds is 5. The Balaban J connectivity index is 1.46. The summed E-state index contributed by atoms with van der Waals surface area (Å²) in [5, 5.41) is 9.80. The highest BCUT2D eigenvalue weighted by Crippen LogP contribution is 2.29. The van der Waals surface area contributed by atoms with Gasteiger partial charge in [-0.2, -0.15) is 21.9 Å². The molecule has 1 aliphatic rings. The molecule has 12 heteroatoms. The smallest absolute Gasteiger partial charge is 0.350 e. The van der Waals surface area contributed by atoms with Gasteiger partial charge < -0.3 is 9.80 Å². The third kappa shape index (κ3) is 5.71. The molecular formula is C17H20ClF3N6OS. The quantitative estimate of drug-likeness (QED) is 0.316. The van der Waals surface area contributed by atoms with Crippen LogP contribution in [0.25, 0.3) is 0 Å². The average Bonchev–Trinajstić information content (AvgIpc) is 3.14. The maximum Gasteiger partial charge on any atom is 0.416 e. The second-order valence-corrected chi connectivity index (χ2v) is 7.35. The van der Waals surface area contributed by atoms with E-state index in [1.54, 1.807) is 0 Å². The molecular weight excluding hydrogens is 429 g/mol. The fourth-order valence-electron chi connectivity index (χ4n) is 3.03. The number of guanidine groups is 1. The number of aliphatic imine (C=N–C) groups is 1. The normalized spacial score (nSPS) is 15.7. The van der Waals surface area contributed by atoms with Gasteiger partial charge in [0.05, 0.1) is 17.3 Å². The number of hydroxylamine groups is 1. The molecule has 1 aliphatic heterocycles. The van der Waals surface area contributed by atoms with E-state index in [0.717, 1.165) is 29.4 Å². The molecule has 7 nitrogen and oxygen atoms in total. The highest BCUT2D eigenvalue weighted by Gasteiger charge is 2.29. The second kappa shape index (κ2) is 9.59. The molecule has 0 amide bonds. The first-order valence-electron chi connectivity index (χ1n) is 8.97. The van der Waals surface area contributed by atoms with Crippen LogP contribution >= 0.6 is 23.3 Å². The van der Waals surface area contributed by atoms with Crippen molar-refractivity contribution in [2.24, 2.45) is 4.99 Å². The van der Waals surface area contributed by atoms with Gasteiger partial charge in [0.1, 0.15) is 0 Å². The molecule has 2 heterocycles. The van der Waals surface area contributed by atoms with Crippen molar-refractivity contribution in [3.63, 3.8) is 0 Å². The van der Waals surface area contributed by atoms with E-state index < -0.39 is 11.7 Å². The Morgan fingerprint density at radius 1 is 1.17 bits per heavy atom. The summed E-state index contributed by atoms with van der Waals surface area (Å²) in [5.74, 6) is 1.04. The predicted molar refractivity (Wildman–Crippen MR) is 106 cm³/mol. The summed E-state index contributed by atoms with van der Waals surface area (Å²) in [6.45, 7) is 3.01. The van der Waals surface area contributed by atoms with Crippen LogP contribution in [0.3, 0.4) is 0 Å². The largest absolute Gasteiger partial charge is 0.416 e. The van der Waals surface area contributed by atoms with Crippen LogP contribution in [0.2, 0.25) is 5.15 Å². The SMILES string of the molecule is ONC(=NCCCc1ccc(C(F)(F)F)cc1)N1CCN(c2nsnc2Cl)CC1.